The third-order valence-electron chi connectivity index (χ3n) is 8.33. The molecule has 6 aromatic rings. The van der Waals surface area contributed by atoms with Gasteiger partial charge in [-0.25, -0.2) is 0 Å². The van der Waals surface area contributed by atoms with Gasteiger partial charge in [0, 0.05) is 11.1 Å². The Bertz CT molecular complexity index is 2340. The highest BCUT2D eigenvalue weighted by molar-refractivity contribution is 7.88. The number of hydrogen-bond donors (Lipinski definition) is 1. The molecule has 0 spiro atoms. The summed E-state index contributed by atoms with van der Waals surface area (Å²) in [4.78, 5) is 0. The first kappa shape index (κ1) is 32.7. The lowest BCUT2D eigenvalue weighted by Gasteiger charge is -2.37. The minimum atomic E-state index is -6.25. The van der Waals surface area contributed by atoms with Gasteiger partial charge in [0.15, 0.2) is 0 Å². The third-order valence-corrected chi connectivity index (χ3v) is 10.3. The smallest absolute Gasteiger partial charge is 0.376 e. The van der Waals surface area contributed by atoms with Crippen LogP contribution in [0.25, 0.3) is 32.3 Å². The van der Waals surface area contributed by atoms with Crippen LogP contribution >= 0.6 is 0 Å². The SMILES string of the molecule is O=S(=O)(Oc1ccc2ccc(OS(=O)(=O)C(F)(F)F)c3c2c1C(c1cccc2ccccc12)NC3c1cccc2ccccc12)C(F)(F)F. The Morgan fingerprint density at radius 1 is 0.490 bits per heavy atom. The van der Waals surface area contributed by atoms with E-state index in [2.05, 4.69) is 5.32 Å². The minimum Gasteiger partial charge on any atom is -0.376 e. The van der Waals surface area contributed by atoms with E-state index >= 15 is 0 Å². The summed E-state index contributed by atoms with van der Waals surface area (Å²) in [6.07, 6.45) is 0. The highest BCUT2D eigenvalue weighted by atomic mass is 32.2. The molecule has 252 valence electrons. The average molecular weight is 718 g/mol. The van der Waals surface area contributed by atoms with E-state index in [4.69, 9.17) is 8.37 Å². The zero-order chi connectivity index (χ0) is 34.9. The second-order valence-electron chi connectivity index (χ2n) is 11.2. The predicted molar refractivity (Wildman–Crippen MR) is 170 cm³/mol. The van der Waals surface area contributed by atoms with Crippen molar-refractivity contribution in [1.82, 2.24) is 5.32 Å². The number of fused-ring (bicyclic) bond motifs is 2. The van der Waals surface area contributed by atoms with Gasteiger partial charge in [-0.15, -0.1) is 0 Å². The van der Waals surface area contributed by atoms with Gasteiger partial charge in [-0.2, -0.15) is 43.2 Å². The summed E-state index contributed by atoms with van der Waals surface area (Å²) in [7, 11) is -12.5. The standard InChI is InChI=1S/C34H21F6NO6S2/c35-33(36,37)48(42,43)46-26-17-15-21-16-18-27(47-49(44,45)34(38,39)40)30-28(21)29(26)31(24-13-5-9-19-7-1-3-11-22(19)24)41-32(30)25-14-6-10-20-8-2-4-12-23(20)25/h1-18,31-32,41H. The predicted octanol–water partition coefficient (Wildman–Crippen LogP) is 8.39. The summed E-state index contributed by atoms with van der Waals surface area (Å²) in [6.45, 7) is 0. The van der Waals surface area contributed by atoms with Gasteiger partial charge in [-0.3, -0.25) is 5.32 Å². The van der Waals surface area contributed by atoms with E-state index in [-0.39, 0.29) is 21.9 Å². The van der Waals surface area contributed by atoms with E-state index in [1.165, 1.54) is 12.1 Å². The van der Waals surface area contributed by atoms with Crippen LogP contribution < -0.4 is 13.7 Å². The van der Waals surface area contributed by atoms with Gasteiger partial charge < -0.3 is 8.37 Å². The summed E-state index contributed by atoms with van der Waals surface area (Å²) < 4.78 is 141. The molecule has 0 saturated carbocycles. The Labute approximate surface area is 274 Å². The lowest BCUT2D eigenvalue weighted by Crippen LogP contribution is -2.35. The molecule has 0 aliphatic carbocycles. The van der Waals surface area contributed by atoms with Crippen molar-refractivity contribution < 1.29 is 51.5 Å². The Balaban J connectivity index is 1.62. The summed E-state index contributed by atoms with van der Waals surface area (Å²) in [5.74, 6) is -1.55. The molecule has 0 amide bonds. The number of hydrogen-bond acceptors (Lipinski definition) is 7. The van der Waals surface area contributed by atoms with Crippen LogP contribution in [0.4, 0.5) is 26.3 Å². The van der Waals surface area contributed by atoms with Gasteiger partial charge in [0.25, 0.3) is 0 Å². The van der Waals surface area contributed by atoms with Gasteiger partial charge in [-0.1, -0.05) is 97.1 Å². The largest absolute Gasteiger partial charge is 0.534 e. The van der Waals surface area contributed by atoms with Crippen molar-refractivity contribution in [2.24, 2.45) is 0 Å². The molecular formula is C34H21F6NO6S2. The van der Waals surface area contributed by atoms with Crippen LogP contribution in [0.1, 0.15) is 34.3 Å². The van der Waals surface area contributed by atoms with Crippen molar-refractivity contribution >= 4 is 52.6 Å². The van der Waals surface area contributed by atoms with E-state index in [9.17, 15) is 43.2 Å². The van der Waals surface area contributed by atoms with Crippen LogP contribution in [0.3, 0.4) is 0 Å². The Morgan fingerprint density at radius 2 is 0.878 bits per heavy atom. The molecule has 1 heterocycles. The summed E-state index contributed by atoms with van der Waals surface area (Å²) in [5.41, 5.74) is -11.1. The highest BCUT2D eigenvalue weighted by Crippen LogP contribution is 2.51. The van der Waals surface area contributed by atoms with Crippen LogP contribution in [0.2, 0.25) is 0 Å². The van der Waals surface area contributed by atoms with Gasteiger partial charge in [-0.05, 0) is 55.6 Å². The molecule has 0 saturated heterocycles. The molecule has 0 bridgehead atoms. The van der Waals surface area contributed by atoms with E-state index in [1.54, 1.807) is 84.9 Å². The van der Waals surface area contributed by atoms with E-state index in [0.29, 0.717) is 21.9 Å². The van der Waals surface area contributed by atoms with Gasteiger partial charge in [0.05, 0.1) is 12.1 Å². The molecule has 15 heteroatoms. The lowest BCUT2D eigenvalue weighted by atomic mass is 9.80. The van der Waals surface area contributed by atoms with Crippen LogP contribution in [0.15, 0.2) is 109 Å². The molecule has 0 aromatic heterocycles. The maximum absolute atomic E-state index is 13.7. The monoisotopic (exact) mass is 717 g/mol. The first-order valence-electron chi connectivity index (χ1n) is 14.4. The molecule has 6 aromatic carbocycles. The fourth-order valence-corrected chi connectivity index (χ4v) is 7.27. The number of nitrogens with one attached hydrogen (secondary N) is 1. The average Bonchev–Trinajstić information content (AvgIpc) is 3.05. The Kier molecular flexibility index (Phi) is 7.57. The second-order valence-corrected chi connectivity index (χ2v) is 14.3. The molecule has 1 N–H and O–H groups in total. The number of rotatable bonds is 6. The van der Waals surface area contributed by atoms with E-state index in [1.807, 2.05) is 0 Å². The topological polar surface area (TPSA) is 98.8 Å². The quantitative estimate of drug-likeness (QED) is 0.105. The number of halogens is 6. The second kappa shape index (κ2) is 11.4. The molecule has 49 heavy (non-hydrogen) atoms. The van der Waals surface area contributed by atoms with Crippen molar-refractivity contribution in [2.45, 2.75) is 23.1 Å². The minimum absolute atomic E-state index is 0.0561. The normalized spacial score (nSPS) is 17.0. The fraction of sp³-hybridized carbons (Fsp3) is 0.118. The number of benzene rings is 6. The fourth-order valence-electron chi connectivity index (χ4n) is 6.31. The lowest BCUT2D eigenvalue weighted by molar-refractivity contribution is -0.0504. The molecule has 0 radical (unpaired) electrons. The van der Waals surface area contributed by atoms with Crippen molar-refractivity contribution in [1.29, 1.82) is 0 Å². The summed E-state index contributed by atoms with van der Waals surface area (Å²) >= 11 is 0. The van der Waals surface area contributed by atoms with E-state index in [0.717, 1.165) is 22.9 Å². The molecule has 7 rings (SSSR count). The number of alkyl halides is 6. The van der Waals surface area contributed by atoms with Crippen molar-refractivity contribution in [3.63, 3.8) is 0 Å². The van der Waals surface area contributed by atoms with Crippen LogP contribution in [0.5, 0.6) is 11.5 Å². The first-order valence-corrected chi connectivity index (χ1v) is 17.2. The third kappa shape index (κ3) is 5.51. The van der Waals surface area contributed by atoms with Crippen LogP contribution in [0, 0.1) is 0 Å². The van der Waals surface area contributed by atoms with Crippen molar-refractivity contribution in [3.05, 3.63) is 131 Å². The van der Waals surface area contributed by atoms with Crippen molar-refractivity contribution in [3.8, 4) is 11.5 Å². The summed E-state index contributed by atoms with van der Waals surface area (Å²) in [6, 6.07) is 26.5. The Morgan fingerprint density at radius 3 is 1.29 bits per heavy atom. The van der Waals surface area contributed by atoms with Crippen LogP contribution in [-0.4, -0.2) is 27.9 Å². The molecule has 7 nitrogen and oxygen atoms in total. The zero-order valence-corrected chi connectivity index (χ0v) is 26.2. The molecule has 0 fully saturated rings. The van der Waals surface area contributed by atoms with E-state index < -0.39 is 54.8 Å². The zero-order valence-electron chi connectivity index (χ0n) is 24.6. The maximum Gasteiger partial charge on any atom is 0.534 e. The summed E-state index contributed by atoms with van der Waals surface area (Å²) in [5, 5.41) is 6.17. The molecular weight excluding hydrogens is 696 g/mol. The van der Waals surface area contributed by atoms with Gasteiger partial charge in [0.2, 0.25) is 0 Å². The Hall–Kier alpha value is -4.86. The molecule has 1 aliphatic rings. The molecule has 2 atom stereocenters. The van der Waals surface area contributed by atoms with Crippen LogP contribution in [-0.2, 0) is 20.2 Å². The highest BCUT2D eigenvalue weighted by Gasteiger charge is 2.51. The van der Waals surface area contributed by atoms with Gasteiger partial charge in [0.1, 0.15) is 11.5 Å². The van der Waals surface area contributed by atoms with Gasteiger partial charge >= 0.3 is 31.3 Å². The molecule has 1 aliphatic heterocycles. The maximum atomic E-state index is 13.7. The molecule has 2 unspecified atom stereocenters. The first-order chi connectivity index (χ1) is 23.1. The van der Waals surface area contributed by atoms with Crippen molar-refractivity contribution in [2.75, 3.05) is 0 Å².